The molecule has 0 saturated carbocycles. The van der Waals surface area contributed by atoms with E-state index in [-0.39, 0.29) is 18.6 Å². The number of nitrogens with two attached hydrogens (primary N) is 1. The van der Waals surface area contributed by atoms with Crippen LogP contribution >= 0.6 is 11.8 Å². The van der Waals surface area contributed by atoms with Crippen LogP contribution in [0.3, 0.4) is 0 Å². The minimum Gasteiger partial charge on any atom is -0.490 e. The summed E-state index contributed by atoms with van der Waals surface area (Å²) in [5, 5.41) is 5.33. The Labute approximate surface area is 158 Å². The van der Waals surface area contributed by atoms with Crippen LogP contribution in [-0.4, -0.2) is 48.3 Å². The van der Waals surface area contributed by atoms with Crippen LogP contribution in [-0.2, 0) is 9.53 Å². The highest BCUT2D eigenvalue weighted by Gasteiger charge is 2.46. The summed E-state index contributed by atoms with van der Waals surface area (Å²) in [6.45, 7) is 2.67. The van der Waals surface area contributed by atoms with Gasteiger partial charge in [-0.1, -0.05) is 24.1 Å². The first kappa shape index (κ1) is 19.0. The summed E-state index contributed by atoms with van der Waals surface area (Å²) >= 11 is 1.93. The van der Waals surface area contributed by atoms with Gasteiger partial charge in [-0.25, -0.2) is 4.79 Å². The van der Waals surface area contributed by atoms with E-state index in [1.54, 1.807) is 0 Å². The average Bonchev–Trinajstić information content (AvgIpc) is 3.17. The molecule has 7 heteroatoms. The lowest BCUT2D eigenvalue weighted by Crippen LogP contribution is -2.91. The Morgan fingerprint density at radius 1 is 1.27 bits per heavy atom. The molecule has 2 fully saturated rings. The molecule has 3 atom stereocenters. The number of fused-ring (bicyclic) bond motifs is 1. The van der Waals surface area contributed by atoms with Gasteiger partial charge in [0.25, 0.3) is 0 Å². The maximum Gasteiger partial charge on any atom is 0.414 e. The molecular formula is C19H27N2O4S+. The van der Waals surface area contributed by atoms with Gasteiger partial charge in [0.1, 0.15) is 25.0 Å². The summed E-state index contributed by atoms with van der Waals surface area (Å²) in [7, 11) is 0. The van der Waals surface area contributed by atoms with Gasteiger partial charge in [0.15, 0.2) is 0 Å². The first-order valence-electron chi connectivity index (χ1n) is 9.24. The third-order valence-corrected chi connectivity index (χ3v) is 6.33. The molecule has 0 radical (unpaired) electrons. The zero-order valence-electron chi connectivity index (χ0n) is 15.1. The number of urea groups is 1. The zero-order valence-corrected chi connectivity index (χ0v) is 15.9. The van der Waals surface area contributed by atoms with Crippen molar-refractivity contribution >= 4 is 23.8 Å². The van der Waals surface area contributed by atoms with Crippen LogP contribution < -0.4 is 15.4 Å². The SMILES string of the molecule is Cc1ccc(OCCOC(=O)CCCCC2SCC3[NH2+]C(=O)N[C@H]32)cc1. The van der Waals surface area contributed by atoms with Crippen LogP contribution in [0.25, 0.3) is 0 Å². The van der Waals surface area contributed by atoms with Crippen molar-refractivity contribution < 1.29 is 24.4 Å². The molecule has 0 aromatic heterocycles. The molecule has 2 aliphatic rings. The number of benzene rings is 1. The van der Waals surface area contributed by atoms with Crippen molar-refractivity contribution in [2.45, 2.75) is 49.9 Å². The van der Waals surface area contributed by atoms with Crippen LogP contribution in [0.15, 0.2) is 24.3 Å². The van der Waals surface area contributed by atoms with Gasteiger partial charge < -0.3 is 9.47 Å². The van der Waals surface area contributed by atoms with Crippen molar-refractivity contribution in [1.82, 2.24) is 5.32 Å². The Balaban J connectivity index is 1.22. The second kappa shape index (κ2) is 9.28. The molecular weight excluding hydrogens is 352 g/mol. The third-order valence-electron chi connectivity index (χ3n) is 4.79. The van der Waals surface area contributed by atoms with E-state index in [9.17, 15) is 9.59 Å². The molecule has 1 aromatic carbocycles. The Hall–Kier alpha value is -1.73. The minimum absolute atomic E-state index is 0.0710. The number of quaternary nitrogens is 1. The molecule has 2 unspecified atom stereocenters. The Morgan fingerprint density at radius 3 is 2.88 bits per heavy atom. The number of nitrogens with one attached hydrogen (secondary N) is 1. The maximum absolute atomic E-state index is 11.8. The smallest absolute Gasteiger partial charge is 0.414 e. The normalized spacial score (nSPS) is 24.2. The lowest BCUT2D eigenvalue weighted by molar-refractivity contribution is -0.575. The van der Waals surface area contributed by atoms with Gasteiger partial charge in [-0.3, -0.25) is 15.4 Å². The number of unbranched alkanes of at least 4 members (excludes halogenated alkanes) is 1. The second-order valence-corrected chi connectivity index (χ2v) is 8.14. The van der Waals surface area contributed by atoms with Crippen molar-refractivity contribution in [2.75, 3.05) is 19.0 Å². The number of hydrogen-bond acceptors (Lipinski definition) is 5. The second-order valence-electron chi connectivity index (χ2n) is 6.86. The van der Waals surface area contributed by atoms with E-state index in [1.165, 1.54) is 5.56 Å². The number of amides is 2. The minimum atomic E-state index is -0.169. The van der Waals surface area contributed by atoms with Crippen molar-refractivity contribution in [2.24, 2.45) is 0 Å². The third kappa shape index (κ3) is 5.38. The van der Waals surface area contributed by atoms with Gasteiger partial charge >= 0.3 is 12.0 Å². The Kier molecular flexibility index (Phi) is 6.80. The average molecular weight is 380 g/mol. The van der Waals surface area contributed by atoms with E-state index in [4.69, 9.17) is 9.47 Å². The lowest BCUT2D eigenvalue weighted by atomic mass is 10.0. The number of thioether (sulfide) groups is 1. The number of esters is 1. The van der Waals surface area contributed by atoms with Crippen molar-refractivity contribution in [3.05, 3.63) is 29.8 Å². The molecule has 0 spiro atoms. The topological polar surface area (TPSA) is 81.2 Å². The summed E-state index contributed by atoms with van der Waals surface area (Å²) < 4.78 is 10.7. The van der Waals surface area contributed by atoms with E-state index in [0.29, 0.717) is 30.4 Å². The molecule has 2 amide bonds. The molecule has 0 aliphatic carbocycles. The van der Waals surface area contributed by atoms with Crippen LogP contribution in [0.1, 0.15) is 31.2 Å². The van der Waals surface area contributed by atoms with Gasteiger partial charge in [-0.15, -0.1) is 11.8 Å². The summed E-state index contributed by atoms with van der Waals surface area (Å²) in [4.78, 5) is 23.2. The fourth-order valence-electron chi connectivity index (χ4n) is 3.38. The number of ether oxygens (including phenoxy) is 2. The predicted molar refractivity (Wildman–Crippen MR) is 100 cm³/mol. The fourth-order valence-corrected chi connectivity index (χ4v) is 4.96. The van der Waals surface area contributed by atoms with Gasteiger partial charge in [-0.05, 0) is 31.9 Å². The van der Waals surface area contributed by atoms with Gasteiger partial charge in [0.05, 0.1) is 6.04 Å². The van der Waals surface area contributed by atoms with Crippen molar-refractivity contribution in [3.63, 3.8) is 0 Å². The predicted octanol–water partition coefficient (Wildman–Crippen LogP) is 1.62. The quantitative estimate of drug-likeness (QED) is 0.387. The van der Waals surface area contributed by atoms with Gasteiger partial charge in [0, 0.05) is 17.4 Å². The van der Waals surface area contributed by atoms with E-state index in [2.05, 4.69) is 5.32 Å². The number of carbonyl (C=O) groups excluding carboxylic acids is 2. The highest BCUT2D eigenvalue weighted by atomic mass is 32.2. The molecule has 3 N–H and O–H groups in total. The molecule has 2 saturated heterocycles. The molecule has 1 aromatic rings. The Morgan fingerprint density at radius 2 is 2.08 bits per heavy atom. The molecule has 142 valence electrons. The summed E-state index contributed by atoms with van der Waals surface area (Å²) in [6, 6.07) is 8.54. The van der Waals surface area contributed by atoms with Gasteiger partial charge in [0.2, 0.25) is 0 Å². The zero-order chi connectivity index (χ0) is 18.4. The van der Waals surface area contributed by atoms with Crippen LogP contribution in [0.2, 0.25) is 0 Å². The van der Waals surface area contributed by atoms with Gasteiger partial charge in [-0.2, -0.15) is 0 Å². The summed E-state index contributed by atoms with van der Waals surface area (Å²) in [6.07, 6.45) is 3.27. The number of hydrogen-bond donors (Lipinski definition) is 2. The number of rotatable bonds is 9. The highest BCUT2D eigenvalue weighted by molar-refractivity contribution is 8.00. The van der Waals surface area contributed by atoms with E-state index in [0.717, 1.165) is 30.8 Å². The van der Waals surface area contributed by atoms with Crippen molar-refractivity contribution in [1.29, 1.82) is 0 Å². The standard InChI is InChI=1S/C19H26N2O4S/c1-13-6-8-14(9-7-13)24-10-11-25-17(22)5-3-2-4-16-18-15(12-26-16)20-19(23)21-18/h6-9,15-16,18H,2-5,10-12H2,1H3,(H2,20,21,23)/p+1/t15?,16?,18-/m1/s1. The first-order valence-corrected chi connectivity index (χ1v) is 10.3. The molecule has 2 heterocycles. The number of aryl methyl sites for hydroxylation is 1. The maximum atomic E-state index is 11.8. The monoisotopic (exact) mass is 379 g/mol. The first-order chi connectivity index (χ1) is 12.6. The van der Waals surface area contributed by atoms with Crippen molar-refractivity contribution in [3.8, 4) is 5.75 Å². The number of carbonyl (C=O) groups is 2. The fraction of sp³-hybridized carbons (Fsp3) is 0.579. The van der Waals surface area contributed by atoms with E-state index >= 15 is 0 Å². The molecule has 6 nitrogen and oxygen atoms in total. The molecule has 26 heavy (non-hydrogen) atoms. The van der Waals surface area contributed by atoms with Crippen LogP contribution in [0, 0.1) is 6.92 Å². The number of primary amides is 1. The highest BCUT2D eigenvalue weighted by Crippen LogP contribution is 2.31. The molecule has 0 bridgehead atoms. The van der Waals surface area contributed by atoms with Crippen LogP contribution in [0.4, 0.5) is 4.79 Å². The lowest BCUT2D eigenvalue weighted by Gasteiger charge is -2.14. The largest absolute Gasteiger partial charge is 0.490 e. The Bertz CT molecular complexity index is 622. The van der Waals surface area contributed by atoms with E-state index in [1.807, 2.05) is 48.3 Å². The van der Waals surface area contributed by atoms with Crippen LogP contribution in [0.5, 0.6) is 5.75 Å². The van der Waals surface area contributed by atoms with E-state index < -0.39 is 0 Å². The molecule has 2 aliphatic heterocycles. The summed E-state index contributed by atoms with van der Waals surface area (Å²) in [5.41, 5.74) is 1.18. The molecule has 3 rings (SSSR count). The summed E-state index contributed by atoms with van der Waals surface area (Å²) in [5.74, 6) is 1.64.